The average molecular weight is 548 g/mol. The van der Waals surface area contributed by atoms with Gasteiger partial charge in [-0.2, -0.15) is 0 Å². The smallest absolute Gasteiger partial charge is 0.303 e. The lowest BCUT2D eigenvalue weighted by molar-refractivity contribution is -0.138. The number of ketones is 1. The summed E-state index contributed by atoms with van der Waals surface area (Å²) in [5.41, 5.74) is 5.25. The Morgan fingerprint density at radius 2 is 1.79 bits per heavy atom. The first-order chi connectivity index (χ1) is 18.8. The number of carboxylic acids is 1. The molecule has 2 aromatic carbocycles. The minimum absolute atomic E-state index is 0.0775. The Morgan fingerprint density at radius 1 is 1.05 bits per heavy atom. The SMILES string of the molecule is Cc1cc2c(s1)Cc1ccccc1N=C2N1CCN(C)[C@@H](CCc2ccccc2)C1.O=C(O)CCC(=O)CO. The Bertz CT molecular complexity index is 1300. The van der Waals surface area contributed by atoms with E-state index in [1.165, 1.54) is 38.7 Å². The molecule has 7 nitrogen and oxygen atoms in total. The van der Waals surface area contributed by atoms with Crippen LogP contribution in [0.2, 0.25) is 0 Å². The molecule has 8 heteroatoms. The summed E-state index contributed by atoms with van der Waals surface area (Å²) in [6.07, 6.45) is 3.02. The molecule has 2 aliphatic rings. The number of carboxylic acid groups (broad SMARTS) is 1. The van der Waals surface area contributed by atoms with Gasteiger partial charge in [-0.05, 0) is 50.1 Å². The first kappa shape index (κ1) is 28.7. The zero-order chi connectivity index (χ0) is 27.8. The number of benzene rings is 2. The van der Waals surface area contributed by atoms with Crippen molar-refractivity contribution in [1.29, 1.82) is 0 Å². The van der Waals surface area contributed by atoms with E-state index < -0.39 is 18.4 Å². The number of aliphatic imine (C=N–C) groups is 1. The number of aliphatic hydroxyl groups is 1. The number of rotatable bonds is 7. The number of amidine groups is 1. The van der Waals surface area contributed by atoms with Gasteiger partial charge in [0.2, 0.25) is 0 Å². The van der Waals surface area contributed by atoms with E-state index in [-0.39, 0.29) is 12.8 Å². The summed E-state index contributed by atoms with van der Waals surface area (Å²) in [6, 6.07) is 22.4. The van der Waals surface area contributed by atoms with Gasteiger partial charge in [0.15, 0.2) is 5.78 Å². The van der Waals surface area contributed by atoms with Crippen LogP contribution in [0.4, 0.5) is 5.69 Å². The van der Waals surface area contributed by atoms with Gasteiger partial charge in [-0.3, -0.25) is 14.5 Å². The van der Waals surface area contributed by atoms with E-state index in [0.717, 1.165) is 38.2 Å². The zero-order valence-corrected chi connectivity index (χ0v) is 23.5. The number of hydrogen-bond acceptors (Lipinski definition) is 7. The lowest BCUT2D eigenvalue weighted by Gasteiger charge is -2.41. The van der Waals surface area contributed by atoms with E-state index in [9.17, 15) is 9.59 Å². The Labute approximate surface area is 234 Å². The molecule has 3 heterocycles. The van der Waals surface area contributed by atoms with E-state index in [4.69, 9.17) is 15.2 Å². The van der Waals surface area contributed by atoms with Crippen LogP contribution in [0.25, 0.3) is 0 Å². The highest BCUT2D eigenvalue weighted by Gasteiger charge is 2.29. The van der Waals surface area contributed by atoms with Gasteiger partial charge >= 0.3 is 5.97 Å². The summed E-state index contributed by atoms with van der Waals surface area (Å²) in [5, 5.41) is 16.1. The molecule has 1 saturated heterocycles. The highest BCUT2D eigenvalue weighted by Crippen LogP contribution is 2.34. The number of Topliss-reactive ketones (excluding diaryl/α,β-unsaturated/α-hetero) is 1. The van der Waals surface area contributed by atoms with Crippen LogP contribution >= 0.6 is 11.3 Å². The Kier molecular flexibility index (Phi) is 10.0. The quantitative estimate of drug-likeness (QED) is 0.446. The molecule has 0 aliphatic carbocycles. The van der Waals surface area contributed by atoms with Gasteiger partial charge in [0, 0.05) is 53.8 Å². The molecule has 39 heavy (non-hydrogen) atoms. The van der Waals surface area contributed by atoms with Crippen LogP contribution in [0, 0.1) is 6.92 Å². The number of hydrogen-bond donors (Lipinski definition) is 2. The normalized spacial score (nSPS) is 16.7. The fourth-order valence-corrected chi connectivity index (χ4v) is 6.05. The molecule has 0 spiro atoms. The second-order valence-corrected chi connectivity index (χ2v) is 11.5. The molecule has 3 aromatic rings. The molecule has 1 fully saturated rings. The van der Waals surface area contributed by atoms with E-state index >= 15 is 0 Å². The van der Waals surface area contributed by atoms with Crippen molar-refractivity contribution in [3.05, 3.63) is 87.1 Å². The minimum Gasteiger partial charge on any atom is -0.481 e. The first-order valence-electron chi connectivity index (χ1n) is 13.4. The maximum atomic E-state index is 10.2. The lowest BCUT2D eigenvalue weighted by Crippen LogP contribution is -2.53. The molecule has 206 valence electrons. The largest absolute Gasteiger partial charge is 0.481 e. The number of piperazine rings is 1. The molecule has 0 saturated carbocycles. The molecule has 0 radical (unpaired) electrons. The number of carbonyl (C=O) groups excluding carboxylic acids is 1. The summed E-state index contributed by atoms with van der Waals surface area (Å²) >= 11 is 1.93. The zero-order valence-electron chi connectivity index (χ0n) is 22.7. The maximum absolute atomic E-state index is 10.2. The van der Waals surface area contributed by atoms with Gasteiger partial charge in [-0.25, -0.2) is 4.99 Å². The van der Waals surface area contributed by atoms with Crippen molar-refractivity contribution >= 4 is 34.6 Å². The van der Waals surface area contributed by atoms with Gasteiger partial charge in [0.05, 0.1) is 12.1 Å². The predicted molar refractivity (Wildman–Crippen MR) is 156 cm³/mol. The number of aryl methyl sites for hydroxylation is 2. The molecule has 1 atom stereocenters. The van der Waals surface area contributed by atoms with Crippen molar-refractivity contribution in [2.75, 3.05) is 33.3 Å². The highest BCUT2D eigenvalue weighted by molar-refractivity contribution is 7.12. The number of likely N-dealkylation sites (N-methyl/N-ethyl adjacent to an activating group) is 1. The van der Waals surface area contributed by atoms with Crippen molar-refractivity contribution in [3.8, 4) is 0 Å². The van der Waals surface area contributed by atoms with Gasteiger partial charge in [0.1, 0.15) is 12.4 Å². The number of aliphatic carboxylic acids is 1. The van der Waals surface area contributed by atoms with Crippen molar-refractivity contribution in [1.82, 2.24) is 9.80 Å². The summed E-state index contributed by atoms with van der Waals surface area (Å²) in [4.78, 5) is 33.1. The maximum Gasteiger partial charge on any atom is 0.303 e. The van der Waals surface area contributed by atoms with Gasteiger partial charge in [-0.1, -0.05) is 48.5 Å². The molecule has 5 rings (SSSR count). The standard InChI is InChI=1S/C26H29N3S.C5H8O4/c1-19-16-23-25(30-19)17-21-10-6-7-11-24(21)27-26(23)29-15-14-28(2)22(18-29)13-12-20-8-4-3-5-9-20;6-3-4(7)1-2-5(8)9/h3-11,16,22H,12-15,17-18H2,1-2H3;6H,1-3H2,(H,8,9)/t22-;/m0./s1. The molecular formula is C31H37N3O4S. The van der Waals surface area contributed by atoms with E-state index in [1.807, 2.05) is 11.3 Å². The lowest BCUT2D eigenvalue weighted by atomic mass is 10.0. The van der Waals surface area contributed by atoms with Crippen molar-refractivity contribution in [2.24, 2.45) is 4.99 Å². The summed E-state index contributed by atoms with van der Waals surface area (Å²) in [7, 11) is 2.28. The van der Waals surface area contributed by atoms with Crippen LogP contribution < -0.4 is 0 Å². The van der Waals surface area contributed by atoms with E-state index in [1.54, 1.807) is 0 Å². The number of thiophene rings is 1. The third-order valence-electron chi connectivity index (χ3n) is 7.22. The van der Waals surface area contributed by atoms with Gasteiger partial charge < -0.3 is 15.1 Å². The van der Waals surface area contributed by atoms with E-state index in [2.05, 4.69) is 84.4 Å². The monoisotopic (exact) mass is 547 g/mol. The van der Waals surface area contributed by atoms with Crippen LogP contribution in [0.5, 0.6) is 0 Å². The molecular weight excluding hydrogens is 510 g/mol. The first-order valence-corrected chi connectivity index (χ1v) is 14.3. The summed E-state index contributed by atoms with van der Waals surface area (Å²) in [6.45, 7) is 4.81. The highest BCUT2D eigenvalue weighted by atomic mass is 32.1. The second kappa shape index (κ2) is 13.6. The van der Waals surface area contributed by atoms with Crippen molar-refractivity contribution < 1.29 is 19.8 Å². The Hall–Kier alpha value is -3.33. The van der Waals surface area contributed by atoms with E-state index in [0.29, 0.717) is 6.04 Å². The summed E-state index contributed by atoms with van der Waals surface area (Å²) < 4.78 is 0. The molecule has 2 N–H and O–H groups in total. The third kappa shape index (κ3) is 7.85. The number of para-hydroxylation sites is 1. The average Bonchev–Trinajstić information content (AvgIpc) is 3.23. The van der Waals surface area contributed by atoms with Crippen LogP contribution in [0.3, 0.4) is 0 Å². The second-order valence-electron chi connectivity index (χ2n) is 10.1. The Morgan fingerprint density at radius 3 is 2.54 bits per heavy atom. The number of fused-ring (bicyclic) bond motifs is 2. The molecule has 0 unspecified atom stereocenters. The van der Waals surface area contributed by atoms with Crippen molar-refractivity contribution in [3.63, 3.8) is 0 Å². The Balaban J connectivity index is 0.000000340. The fourth-order valence-electron chi connectivity index (χ4n) is 4.99. The third-order valence-corrected chi connectivity index (χ3v) is 8.27. The summed E-state index contributed by atoms with van der Waals surface area (Å²) in [5.74, 6) is -0.272. The van der Waals surface area contributed by atoms with Crippen LogP contribution in [-0.2, 0) is 22.4 Å². The van der Waals surface area contributed by atoms with Gasteiger partial charge in [-0.15, -0.1) is 11.3 Å². The molecule has 0 bridgehead atoms. The molecule has 0 amide bonds. The number of aliphatic hydroxyl groups excluding tert-OH is 1. The fraction of sp³-hybridized carbons (Fsp3) is 0.387. The topological polar surface area (TPSA) is 93.4 Å². The van der Waals surface area contributed by atoms with Crippen LogP contribution in [0.1, 0.15) is 45.7 Å². The predicted octanol–water partition coefficient (Wildman–Crippen LogP) is 4.70. The van der Waals surface area contributed by atoms with Crippen LogP contribution in [0.15, 0.2) is 65.7 Å². The molecule has 1 aromatic heterocycles. The van der Waals surface area contributed by atoms with Crippen LogP contribution in [-0.4, -0.2) is 76.9 Å². The number of carbonyl (C=O) groups is 2. The minimum atomic E-state index is -1.02. The molecule has 2 aliphatic heterocycles. The number of nitrogens with zero attached hydrogens (tertiary/aromatic N) is 3. The van der Waals surface area contributed by atoms with Crippen molar-refractivity contribution in [2.45, 2.75) is 45.1 Å². The van der Waals surface area contributed by atoms with Gasteiger partial charge in [0.25, 0.3) is 0 Å².